The first-order chi connectivity index (χ1) is 14.9. The number of hydrogen-bond acceptors (Lipinski definition) is 5. The third-order valence-electron chi connectivity index (χ3n) is 6.91. The summed E-state index contributed by atoms with van der Waals surface area (Å²) in [4.78, 5) is 25.7. The topological polar surface area (TPSA) is 97.0 Å². The molecule has 4 bridgehead atoms. The van der Waals surface area contributed by atoms with Crippen LogP contribution in [-0.2, 0) is 14.3 Å². The van der Waals surface area contributed by atoms with Crippen LogP contribution in [0.3, 0.4) is 0 Å². The van der Waals surface area contributed by atoms with Crippen molar-refractivity contribution < 1.29 is 14.3 Å². The van der Waals surface area contributed by atoms with E-state index in [0.717, 1.165) is 32.1 Å². The smallest absolute Gasteiger partial charge is 0.312 e. The fourth-order valence-electron chi connectivity index (χ4n) is 6.16. The summed E-state index contributed by atoms with van der Waals surface area (Å²) < 4.78 is 7.05. The number of aromatic nitrogens is 2. The van der Waals surface area contributed by atoms with Gasteiger partial charge in [-0.2, -0.15) is 10.4 Å². The molecule has 1 heterocycles. The summed E-state index contributed by atoms with van der Waals surface area (Å²) in [5, 5.41) is 16.3. The molecular formula is C23H23BrN4O3. The second-order valence-corrected chi connectivity index (χ2v) is 11.0. The number of nitrogens with one attached hydrogen (secondary N) is 1. The summed E-state index contributed by atoms with van der Waals surface area (Å²) in [5.74, 6) is 0.628. The molecule has 4 aliphatic carbocycles. The molecule has 1 aromatic carbocycles. The summed E-state index contributed by atoms with van der Waals surface area (Å²) in [6.07, 6.45) is 7.35. The molecule has 2 aromatic rings. The number of carbonyl (C=O) groups is 2. The largest absolute Gasteiger partial charge is 0.455 e. The zero-order valence-electron chi connectivity index (χ0n) is 17.0. The van der Waals surface area contributed by atoms with E-state index in [4.69, 9.17) is 4.74 Å². The molecule has 1 amide bonds. The van der Waals surface area contributed by atoms with E-state index < -0.39 is 11.3 Å². The van der Waals surface area contributed by atoms with Crippen LogP contribution >= 0.6 is 15.9 Å². The van der Waals surface area contributed by atoms with Crippen molar-refractivity contribution in [3.8, 4) is 11.8 Å². The van der Waals surface area contributed by atoms with Gasteiger partial charge >= 0.3 is 5.97 Å². The fourth-order valence-corrected chi connectivity index (χ4v) is 7.61. The number of amides is 1. The van der Waals surface area contributed by atoms with Crippen molar-refractivity contribution in [2.75, 3.05) is 11.9 Å². The number of carbonyl (C=O) groups excluding carboxylic acids is 2. The Morgan fingerprint density at radius 1 is 1.23 bits per heavy atom. The van der Waals surface area contributed by atoms with E-state index in [0.29, 0.717) is 17.5 Å². The van der Waals surface area contributed by atoms with E-state index >= 15 is 0 Å². The Labute approximate surface area is 188 Å². The van der Waals surface area contributed by atoms with E-state index in [1.165, 1.54) is 17.3 Å². The summed E-state index contributed by atoms with van der Waals surface area (Å²) in [5.41, 5.74) is 0.482. The number of ether oxygens (including phenoxy) is 1. The Bertz CT molecular complexity index is 1060. The van der Waals surface area contributed by atoms with Crippen LogP contribution in [0.25, 0.3) is 5.69 Å². The Hall–Kier alpha value is -2.66. The normalized spacial score (nSPS) is 30.6. The molecule has 160 valence electrons. The van der Waals surface area contributed by atoms with Crippen molar-refractivity contribution in [2.45, 2.75) is 42.8 Å². The maximum absolute atomic E-state index is 13.1. The standard InChI is InChI=1S/C23H23BrN4O3/c24-23-9-15-6-16(10-23)8-22(7-15,14-23)21(30)31-13-19(29)27-20-17(11-25)12-26-28(20)18-4-2-1-3-5-18/h1-5,12,15-16H,6-10,13-14H2,(H,27,29). The molecule has 2 unspecified atom stereocenters. The van der Waals surface area contributed by atoms with Crippen LogP contribution in [0, 0.1) is 28.6 Å². The maximum Gasteiger partial charge on any atom is 0.312 e. The van der Waals surface area contributed by atoms with Crippen LogP contribution in [0.5, 0.6) is 0 Å². The number of halogens is 1. The molecule has 1 aromatic heterocycles. The number of rotatable bonds is 5. The molecule has 0 radical (unpaired) electrons. The van der Waals surface area contributed by atoms with Crippen molar-refractivity contribution in [3.63, 3.8) is 0 Å². The first kappa shape index (κ1) is 20.3. The quantitative estimate of drug-likeness (QED) is 0.513. The minimum Gasteiger partial charge on any atom is -0.455 e. The molecule has 4 saturated carbocycles. The second-order valence-electron chi connectivity index (χ2n) is 9.28. The molecular weight excluding hydrogens is 460 g/mol. The minimum atomic E-state index is -0.485. The highest BCUT2D eigenvalue weighted by Crippen LogP contribution is 2.64. The maximum atomic E-state index is 13.1. The predicted octanol–water partition coefficient (Wildman–Crippen LogP) is 3.96. The molecule has 0 aliphatic heterocycles. The number of para-hydroxylation sites is 1. The number of hydrogen-bond donors (Lipinski definition) is 1. The van der Waals surface area contributed by atoms with Gasteiger partial charge in [0.1, 0.15) is 11.6 Å². The third-order valence-corrected chi connectivity index (χ3v) is 7.83. The van der Waals surface area contributed by atoms with E-state index in [2.05, 4.69) is 26.3 Å². The van der Waals surface area contributed by atoms with Crippen LogP contribution in [0.4, 0.5) is 5.82 Å². The van der Waals surface area contributed by atoms with Crippen molar-refractivity contribution in [1.29, 1.82) is 5.26 Å². The van der Waals surface area contributed by atoms with Crippen molar-refractivity contribution >= 4 is 33.6 Å². The fraction of sp³-hybridized carbons (Fsp3) is 0.478. The highest BCUT2D eigenvalue weighted by molar-refractivity contribution is 9.10. The highest BCUT2D eigenvalue weighted by atomic mass is 79.9. The molecule has 2 atom stereocenters. The summed E-state index contributed by atoms with van der Waals surface area (Å²) in [6.45, 7) is -0.379. The van der Waals surface area contributed by atoms with Gasteiger partial charge in [0.2, 0.25) is 0 Å². The van der Waals surface area contributed by atoms with Crippen LogP contribution in [0.15, 0.2) is 36.5 Å². The number of benzene rings is 1. The van der Waals surface area contributed by atoms with Gasteiger partial charge in [-0.1, -0.05) is 34.1 Å². The third kappa shape index (κ3) is 3.65. The van der Waals surface area contributed by atoms with E-state index in [9.17, 15) is 14.9 Å². The van der Waals surface area contributed by atoms with Gasteiger partial charge < -0.3 is 10.1 Å². The lowest BCUT2D eigenvalue weighted by molar-refractivity contribution is -0.170. The van der Waals surface area contributed by atoms with Crippen molar-refractivity contribution in [1.82, 2.24) is 9.78 Å². The lowest BCUT2D eigenvalue weighted by Crippen LogP contribution is -2.56. The van der Waals surface area contributed by atoms with E-state index in [1.807, 2.05) is 36.4 Å². The number of nitrogens with zero attached hydrogens (tertiary/aromatic N) is 3. The van der Waals surface area contributed by atoms with Crippen LogP contribution in [0.2, 0.25) is 0 Å². The summed E-state index contributed by atoms with van der Waals surface area (Å²) in [7, 11) is 0. The van der Waals surface area contributed by atoms with E-state index in [1.54, 1.807) is 0 Å². The average Bonchev–Trinajstić information content (AvgIpc) is 3.13. The number of alkyl halides is 1. The molecule has 0 saturated heterocycles. The molecule has 0 spiro atoms. The molecule has 4 fully saturated rings. The van der Waals surface area contributed by atoms with Gasteiger partial charge in [-0.05, 0) is 62.5 Å². The van der Waals surface area contributed by atoms with Crippen LogP contribution < -0.4 is 5.32 Å². The number of anilines is 1. The monoisotopic (exact) mass is 482 g/mol. The van der Waals surface area contributed by atoms with Gasteiger partial charge in [-0.3, -0.25) is 9.59 Å². The number of nitriles is 1. The predicted molar refractivity (Wildman–Crippen MR) is 117 cm³/mol. The Morgan fingerprint density at radius 3 is 2.58 bits per heavy atom. The van der Waals surface area contributed by atoms with Gasteiger partial charge in [0, 0.05) is 4.32 Å². The summed E-state index contributed by atoms with van der Waals surface area (Å²) >= 11 is 3.90. The van der Waals surface area contributed by atoms with Crippen LogP contribution in [-0.4, -0.2) is 32.6 Å². The molecule has 6 rings (SSSR count). The Morgan fingerprint density at radius 2 is 1.94 bits per heavy atom. The Balaban J connectivity index is 1.27. The van der Waals surface area contributed by atoms with Crippen LogP contribution in [0.1, 0.15) is 44.1 Å². The van der Waals surface area contributed by atoms with Gasteiger partial charge in [-0.15, -0.1) is 0 Å². The van der Waals surface area contributed by atoms with Gasteiger partial charge in [0.15, 0.2) is 12.4 Å². The Kier molecular flexibility index (Phi) is 4.89. The van der Waals surface area contributed by atoms with Gasteiger partial charge in [-0.25, -0.2) is 4.68 Å². The zero-order chi connectivity index (χ0) is 21.6. The second kappa shape index (κ2) is 7.49. The first-order valence-corrected chi connectivity index (χ1v) is 11.4. The van der Waals surface area contributed by atoms with Gasteiger partial charge in [0.25, 0.3) is 5.91 Å². The molecule has 1 N–H and O–H groups in total. The minimum absolute atomic E-state index is 0.0439. The molecule has 4 aliphatic rings. The molecule has 7 nitrogen and oxygen atoms in total. The lowest BCUT2D eigenvalue weighted by atomic mass is 9.49. The molecule has 31 heavy (non-hydrogen) atoms. The lowest BCUT2D eigenvalue weighted by Gasteiger charge is -2.58. The summed E-state index contributed by atoms with van der Waals surface area (Å²) in [6, 6.07) is 11.3. The van der Waals surface area contributed by atoms with E-state index in [-0.39, 0.29) is 28.3 Å². The first-order valence-electron chi connectivity index (χ1n) is 10.6. The van der Waals surface area contributed by atoms with Gasteiger partial charge in [0.05, 0.1) is 17.3 Å². The molecule has 8 heteroatoms. The SMILES string of the molecule is N#Cc1cnn(-c2ccccc2)c1NC(=O)COC(=O)C12CC3CC(CC(Br)(C3)C1)C2. The average molecular weight is 483 g/mol. The van der Waals surface area contributed by atoms with Crippen molar-refractivity contribution in [3.05, 3.63) is 42.1 Å². The highest BCUT2D eigenvalue weighted by Gasteiger charge is 2.60. The van der Waals surface area contributed by atoms with Crippen molar-refractivity contribution in [2.24, 2.45) is 17.3 Å². The zero-order valence-corrected chi connectivity index (χ0v) is 18.6. The number of esters is 1.